The number of anilines is 6. The highest BCUT2D eigenvalue weighted by molar-refractivity contribution is 5.83. The van der Waals surface area contributed by atoms with Crippen LogP contribution in [0.4, 0.5) is 70.8 Å². The number of nitrogens with one attached hydrogen (secondary N) is 6. The predicted molar refractivity (Wildman–Crippen MR) is 360 cm³/mol. The van der Waals surface area contributed by atoms with E-state index < -0.39 is 60.6 Å². The molecule has 32 heteroatoms. The average Bonchev–Trinajstić information content (AvgIpc) is 0.811. The van der Waals surface area contributed by atoms with Gasteiger partial charge in [0.1, 0.15) is 78.5 Å². The number of amides is 2. The lowest BCUT2D eigenvalue weighted by atomic mass is 9.92. The zero-order valence-electron chi connectivity index (χ0n) is 56.2. The van der Waals surface area contributed by atoms with Crippen LogP contribution in [0.2, 0.25) is 0 Å². The molecule has 0 aliphatic carbocycles. The Morgan fingerprint density at radius 2 is 1.00 bits per heavy atom. The van der Waals surface area contributed by atoms with Crippen LogP contribution in [0, 0.1) is 0 Å². The lowest BCUT2D eigenvalue weighted by Gasteiger charge is -2.34. The molecule has 4 aliphatic heterocycles. The number of halogens is 6. The number of carboxylic acids is 2. The van der Waals surface area contributed by atoms with Gasteiger partial charge in [-0.25, -0.2) is 53.9 Å². The zero-order valence-corrected chi connectivity index (χ0v) is 56.2. The minimum absolute atomic E-state index is 0.0534. The van der Waals surface area contributed by atoms with Crippen molar-refractivity contribution in [3.05, 3.63) is 142 Å². The van der Waals surface area contributed by atoms with E-state index in [1.807, 2.05) is 67.6 Å². The number of rotatable bonds is 20. The van der Waals surface area contributed by atoms with E-state index in [0.29, 0.717) is 36.3 Å². The van der Waals surface area contributed by atoms with Gasteiger partial charge < -0.3 is 71.2 Å². The molecule has 8 heterocycles. The number of carbonyl (C=O) groups excluding carboxylic acids is 3. The smallest absolute Gasteiger partial charge is 0.483 e. The third-order valence-corrected chi connectivity index (χ3v) is 16.0. The van der Waals surface area contributed by atoms with Crippen molar-refractivity contribution in [1.82, 2.24) is 40.5 Å². The summed E-state index contributed by atoms with van der Waals surface area (Å²) in [5, 5.41) is 42.1. The maximum absolute atomic E-state index is 13.1. The molecule has 6 aromatic rings. The number of piperidine rings is 2. The first-order chi connectivity index (χ1) is 47.8. The molecule has 0 bridgehead atoms. The Morgan fingerprint density at radius 3 is 1.36 bits per heavy atom. The normalized spacial score (nSPS) is 14.8. The largest absolute Gasteiger partial charge is 0.490 e. The van der Waals surface area contributed by atoms with E-state index in [1.165, 1.54) is 17.5 Å². The maximum Gasteiger partial charge on any atom is 0.490 e. The number of benzene rings is 2. The second kappa shape index (κ2) is 39.3. The fraction of sp³-hybridized carbons (Fsp3) is 0.471. The van der Waals surface area contributed by atoms with Gasteiger partial charge in [0.05, 0.1) is 0 Å². The van der Waals surface area contributed by atoms with E-state index in [1.54, 1.807) is 27.1 Å². The predicted octanol–water partition coefficient (Wildman–Crippen LogP) is 10.7. The van der Waals surface area contributed by atoms with Gasteiger partial charge in [-0.3, -0.25) is 4.79 Å². The van der Waals surface area contributed by atoms with Gasteiger partial charge >= 0.3 is 42.9 Å². The van der Waals surface area contributed by atoms with Gasteiger partial charge in [0.15, 0.2) is 0 Å². The number of aryl methyl sites for hydroxylation is 2. The summed E-state index contributed by atoms with van der Waals surface area (Å²) in [4.78, 5) is 99.8. The number of aromatic nitrogens is 6. The summed E-state index contributed by atoms with van der Waals surface area (Å²) in [6.07, 6.45) is 6.20. The van der Waals surface area contributed by atoms with Crippen LogP contribution in [-0.4, -0.2) is 165 Å². The highest BCUT2D eigenvalue weighted by Crippen LogP contribution is 2.36. The van der Waals surface area contributed by atoms with Crippen molar-refractivity contribution in [3.63, 3.8) is 0 Å². The molecule has 4 aliphatic rings. The van der Waals surface area contributed by atoms with E-state index in [9.17, 15) is 50.6 Å². The van der Waals surface area contributed by atoms with E-state index in [4.69, 9.17) is 44.0 Å². The molecular weight excluding hydrogens is 1320 g/mol. The average molecular weight is 1410 g/mol. The summed E-state index contributed by atoms with van der Waals surface area (Å²) in [7, 11) is 0. The molecule has 2 amide bonds. The number of alkyl halides is 6. The number of fused-ring (bicyclic) bond motifs is 2. The number of carboxylic acid groups (broad SMARTS) is 3. The van der Waals surface area contributed by atoms with Gasteiger partial charge in [0, 0.05) is 86.7 Å². The summed E-state index contributed by atoms with van der Waals surface area (Å²) < 4.78 is 76.9. The van der Waals surface area contributed by atoms with Crippen molar-refractivity contribution < 1.29 is 84.6 Å². The Hall–Kier alpha value is -10.3. The second-order valence-electron chi connectivity index (χ2n) is 24.1. The first-order valence-corrected chi connectivity index (χ1v) is 32.6. The highest BCUT2D eigenvalue weighted by Gasteiger charge is 2.38. The maximum atomic E-state index is 13.1. The number of hydrogen-bond donors (Lipinski definition) is 9. The molecule has 26 nitrogen and oxygen atoms in total. The summed E-state index contributed by atoms with van der Waals surface area (Å²) in [6, 6.07) is 25.2. The molecular formula is C68H86F6N14O12. The lowest BCUT2D eigenvalue weighted by molar-refractivity contribution is -0.192. The van der Waals surface area contributed by atoms with Crippen molar-refractivity contribution in [2.75, 3.05) is 83.4 Å². The van der Waals surface area contributed by atoms with Crippen LogP contribution in [0.5, 0.6) is 0 Å². The lowest BCUT2D eigenvalue weighted by Crippen LogP contribution is -2.48. The number of ether oxygens (including phenoxy) is 3. The van der Waals surface area contributed by atoms with Crippen LogP contribution < -0.4 is 41.7 Å². The van der Waals surface area contributed by atoms with Gasteiger partial charge in [0.2, 0.25) is 0 Å². The topological polar surface area (TPSA) is 347 Å². The minimum atomic E-state index is -5.08. The van der Waals surface area contributed by atoms with Gasteiger partial charge in [-0.1, -0.05) is 86.6 Å². The molecule has 2 atom stereocenters. The van der Waals surface area contributed by atoms with Gasteiger partial charge in [-0.05, 0) is 119 Å². The molecule has 0 spiro atoms. The van der Waals surface area contributed by atoms with E-state index in [0.717, 1.165) is 148 Å². The number of nitrogens with zero attached hydrogens (tertiary/aromatic N) is 8. The number of esters is 1. The van der Waals surface area contributed by atoms with Crippen LogP contribution in [0.3, 0.4) is 0 Å². The third kappa shape index (κ3) is 25.5. The number of carbonyl (C=O) groups is 6. The van der Waals surface area contributed by atoms with Crippen LogP contribution in [0.25, 0.3) is 0 Å². The summed E-state index contributed by atoms with van der Waals surface area (Å²) in [6.45, 7) is 11.1. The standard InChI is InChI=1S/C34H45N7O4.C30H37N7O4.C2HF3O2.CHF3.CH2O2/c1-5-26-30(36-20-28(32(42)45-34(2,3)4)40-33(43)44-21-23-10-7-6-8-11-23)37-22-38-31(26)41-18-15-24(16-19-41)27-14-13-25-12-9-17-35-29(25)39-27;1-2-23-27(32-17-25(29(38)39)36-30(40)41-18-20-7-4-3-5-8-20)33-19-34-28(23)37-15-12-21(13-16-37)24-11-10-22-9-6-14-31-26(22)35-24;3-2(4,5)1(6)7;2-1(3)4;2-1-3/h6-8,10-11,13-14,22,24,28H,5,9,12,15-21H2,1-4H3,(H,35,39)(H,40,43)(H,36,37,38);3-5,7-8,10-11,19,21,25H,2,6,9,12-18H2,1H3,(H,31,35)(H,36,40)(H,38,39)(H,32,33,34);(H,6,7);1H;1H,(H,2,3)/t28-;25-;;;/m11.../s1. The number of aliphatic carboxylic acids is 2. The van der Waals surface area contributed by atoms with Crippen molar-refractivity contribution in [1.29, 1.82) is 0 Å². The third-order valence-electron chi connectivity index (χ3n) is 16.0. The fourth-order valence-electron chi connectivity index (χ4n) is 11.2. The van der Waals surface area contributed by atoms with E-state index >= 15 is 0 Å². The quantitative estimate of drug-likeness (QED) is 0.0148. The van der Waals surface area contributed by atoms with E-state index in [2.05, 4.69) is 92.8 Å². The molecule has 9 N–H and O–H groups in total. The number of alkyl carbamates (subject to hydrolysis) is 2. The van der Waals surface area contributed by atoms with Gasteiger partial charge in [-0.2, -0.15) is 26.3 Å². The molecule has 542 valence electrons. The van der Waals surface area contributed by atoms with Crippen molar-refractivity contribution in [3.8, 4) is 0 Å². The zero-order chi connectivity index (χ0) is 72.8. The molecule has 0 radical (unpaired) electrons. The number of pyridine rings is 2. The van der Waals surface area contributed by atoms with Crippen molar-refractivity contribution in [2.24, 2.45) is 0 Å². The van der Waals surface area contributed by atoms with Crippen molar-refractivity contribution in [2.45, 2.75) is 154 Å². The Kier molecular flexibility index (Phi) is 31.0. The second-order valence-corrected chi connectivity index (χ2v) is 24.1. The van der Waals surface area contributed by atoms with Crippen molar-refractivity contribution >= 4 is 71.5 Å². The Bertz CT molecular complexity index is 3580. The SMILES string of the molecule is CCc1c(NC[C@@H](NC(=O)OCc2ccccc2)C(=O)O)ncnc1N1CCC(c2ccc3c(n2)NCCC3)CC1.CCc1c(NC[C@@H](NC(=O)OCc2ccccc2)C(=O)OC(C)(C)C)ncnc1N1CCC(c2ccc3c(n2)NCCC3)CC1.FC(F)F.O=C(O)C(F)(F)F.O=CO. The summed E-state index contributed by atoms with van der Waals surface area (Å²) >= 11 is 0. The molecule has 2 fully saturated rings. The Morgan fingerprint density at radius 1 is 0.620 bits per heavy atom. The van der Waals surface area contributed by atoms with Gasteiger partial charge in [0.25, 0.3) is 6.47 Å². The van der Waals surface area contributed by atoms with Gasteiger partial charge in [-0.15, -0.1) is 0 Å². The molecule has 0 saturated carbocycles. The molecule has 10 rings (SSSR count). The molecule has 2 aromatic carbocycles. The Labute approximate surface area is 574 Å². The molecule has 0 unspecified atom stereocenters. The molecule has 2 saturated heterocycles. The fourth-order valence-corrected chi connectivity index (χ4v) is 11.2. The Balaban J connectivity index is 0.000000266. The van der Waals surface area contributed by atoms with Crippen LogP contribution in [-0.2, 0) is 72.3 Å². The number of hydrogen-bond acceptors (Lipinski definition) is 21. The summed E-state index contributed by atoms with van der Waals surface area (Å²) in [5.74, 6) is 1.32. The van der Waals surface area contributed by atoms with Crippen LogP contribution in [0.1, 0.15) is 130 Å². The van der Waals surface area contributed by atoms with Crippen LogP contribution >= 0.6 is 0 Å². The molecule has 4 aromatic heterocycles. The van der Waals surface area contributed by atoms with E-state index in [-0.39, 0.29) is 32.8 Å². The monoisotopic (exact) mass is 1400 g/mol. The molecule has 100 heavy (non-hydrogen) atoms. The first-order valence-electron chi connectivity index (χ1n) is 32.6. The summed E-state index contributed by atoms with van der Waals surface area (Å²) in [5.41, 5.74) is 7.73. The first kappa shape index (κ1) is 78.7. The minimum Gasteiger partial charge on any atom is -0.483 e. The highest BCUT2D eigenvalue weighted by atomic mass is 19.4. The van der Waals surface area contributed by atoms with Crippen LogP contribution in [0.15, 0.2) is 97.6 Å².